The normalized spacial score (nSPS) is 13.5. The Kier molecular flexibility index (Phi) is 7.86. The van der Waals surface area contributed by atoms with E-state index in [1.165, 1.54) is 11.5 Å². The SMILES string of the molecule is CC(=O)OC(c1ccccc1)c1cc2cc(CO[Si](C)(C)C(C)(C)C)ccc2n1C(=O)OC(C)(C)C. The van der Waals surface area contributed by atoms with Crippen molar-refractivity contribution in [1.82, 2.24) is 4.57 Å². The van der Waals surface area contributed by atoms with E-state index < -0.39 is 32.1 Å². The summed E-state index contributed by atoms with van der Waals surface area (Å²) in [5.74, 6) is -0.437. The fraction of sp³-hybridized carbons (Fsp3) is 0.448. The number of hydrogen-bond donors (Lipinski definition) is 0. The second kappa shape index (κ2) is 10.2. The highest BCUT2D eigenvalue weighted by atomic mass is 28.4. The second-order valence-corrected chi connectivity index (χ2v) is 16.5. The van der Waals surface area contributed by atoms with Crippen LogP contribution in [-0.2, 0) is 25.3 Å². The van der Waals surface area contributed by atoms with Crippen molar-refractivity contribution in [2.24, 2.45) is 0 Å². The first-order chi connectivity index (χ1) is 16.6. The zero-order valence-corrected chi connectivity index (χ0v) is 24.0. The number of aromatic nitrogens is 1. The highest BCUT2D eigenvalue weighted by Crippen LogP contribution is 2.38. The second-order valence-electron chi connectivity index (χ2n) is 11.7. The summed E-state index contributed by atoms with van der Waals surface area (Å²) < 4.78 is 19.4. The molecule has 7 heteroatoms. The lowest BCUT2D eigenvalue weighted by molar-refractivity contribution is -0.145. The lowest BCUT2D eigenvalue weighted by atomic mass is 10.1. The van der Waals surface area contributed by atoms with Gasteiger partial charge < -0.3 is 13.9 Å². The number of hydrogen-bond acceptors (Lipinski definition) is 5. The molecule has 0 aliphatic rings. The zero-order chi connectivity index (χ0) is 26.9. The Bertz CT molecular complexity index is 1230. The molecule has 3 rings (SSSR count). The summed E-state index contributed by atoms with van der Waals surface area (Å²) in [7, 11) is -1.92. The Balaban J connectivity index is 2.12. The predicted octanol–water partition coefficient (Wildman–Crippen LogP) is 7.60. The van der Waals surface area contributed by atoms with Crippen LogP contribution in [0.15, 0.2) is 54.6 Å². The smallest absolute Gasteiger partial charge is 0.419 e. The van der Waals surface area contributed by atoms with Gasteiger partial charge in [-0.25, -0.2) is 9.36 Å². The molecule has 6 nitrogen and oxygen atoms in total. The van der Waals surface area contributed by atoms with Gasteiger partial charge in [0.1, 0.15) is 5.60 Å². The number of ether oxygens (including phenoxy) is 2. The lowest BCUT2D eigenvalue weighted by Crippen LogP contribution is -2.40. The molecule has 1 aromatic heterocycles. The van der Waals surface area contributed by atoms with E-state index in [-0.39, 0.29) is 5.04 Å². The molecule has 0 saturated heterocycles. The van der Waals surface area contributed by atoms with Crippen molar-refractivity contribution in [1.29, 1.82) is 0 Å². The number of carbonyl (C=O) groups excluding carboxylic acids is 2. The third kappa shape index (κ3) is 6.45. The van der Waals surface area contributed by atoms with E-state index in [0.717, 1.165) is 16.5 Å². The van der Waals surface area contributed by atoms with Gasteiger partial charge in [-0.05, 0) is 68.2 Å². The largest absolute Gasteiger partial charge is 0.451 e. The maximum absolute atomic E-state index is 13.4. The Labute approximate surface area is 215 Å². The van der Waals surface area contributed by atoms with Gasteiger partial charge in [0.05, 0.1) is 17.8 Å². The predicted molar refractivity (Wildman–Crippen MR) is 146 cm³/mol. The number of nitrogens with zero attached hydrogens (tertiary/aromatic N) is 1. The Morgan fingerprint density at radius 1 is 0.944 bits per heavy atom. The van der Waals surface area contributed by atoms with Crippen LogP contribution in [0.1, 0.15) is 71.4 Å². The van der Waals surface area contributed by atoms with E-state index >= 15 is 0 Å². The molecule has 1 atom stereocenters. The molecule has 0 spiro atoms. The van der Waals surface area contributed by atoms with Crippen LogP contribution in [0, 0.1) is 0 Å². The molecule has 0 saturated carbocycles. The molecule has 0 amide bonds. The zero-order valence-electron chi connectivity index (χ0n) is 23.0. The Hall–Kier alpha value is -2.90. The van der Waals surface area contributed by atoms with Gasteiger partial charge in [0.15, 0.2) is 14.4 Å². The highest BCUT2D eigenvalue weighted by molar-refractivity contribution is 6.74. The molecule has 0 aliphatic carbocycles. The molecule has 2 aromatic carbocycles. The number of fused-ring (bicyclic) bond motifs is 1. The van der Waals surface area contributed by atoms with Gasteiger partial charge in [0, 0.05) is 12.3 Å². The van der Waals surface area contributed by atoms with Crippen molar-refractivity contribution in [3.05, 3.63) is 71.4 Å². The molecule has 0 bridgehead atoms. The first kappa shape index (κ1) is 27.7. The number of esters is 1. The maximum atomic E-state index is 13.4. The number of carbonyl (C=O) groups is 2. The van der Waals surface area contributed by atoms with Crippen molar-refractivity contribution in [3.63, 3.8) is 0 Å². The van der Waals surface area contributed by atoms with E-state index in [4.69, 9.17) is 13.9 Å². The third-order valence-corrected chi connectivity index (χ3v) is 11.0. The van der Waals surface area contributed by atoms with E-state index in [1.54, 1.807) is 0 Å². The minimum Gasteiger partial charge on any atom is -0.451 e. The quantitative estimate of drug-likeness (QED) is 0.253. The van der Waals surface area contributed by atoms with Crippen molar-refractivity contribution in [2.75, 3.05) is 0 Å². The summed E-state index contributed by atoms with van der Waals surface area (Å²) in [6, 6.07) is 17.2. The molecule has 3 aromatic rings. The molecule has 0 N–H and O–H groups in total. The lowest BCUT2D eigenvalue weighted by Gasteiger charge is -2.36. The van der Waals surface area contributed by atoms with E-state index in [2.05, 4.69) is 33.9 Å². The summed E-state index contributed by atoms with van der Waals surface area (Å²) in [5, 5.41) is 0.956. The number of rotatable bonds is 6. The molecule has 194 valence electrons. The average molecular weight is 510 g/mol. The fourth-order valence-electron chi connectivity index (χ4n) is 3.65. The van der Waals surface area contributed by atoms with E-state index in [9.17, 15) is 9.59 Å². The number of benzene rings is 2. The molecular weight excluding hydrogens is 470 g/mol. The third-order valence-electron chi connectivity index (χ3n) is 6.53. The summed E-state index contributed by atoms with van der Waals surface area (Å²) in [6.07, 6.45) is -1.29. The van der Waals surface area contributed by atoms with Gasteiger partial charge in [0.25, 0.3) is 0 Å². The highest BCUT2D eigenvalue weighted by Gasteiger charge is 2.37. The molecule has 0 radical (unpaired) electrons. The maximum Gasteiger partial charge on any atom is 0.419 e. The first-order valence-corrected chi connectivity index (χ1v) is 15.2. The molecule has 36 heavy (non-hydrogen) atoms. The molecule has 1 unspecified atom stereocenters. The van der Waals surface area contributed by atoms with Crippen LogP contribution >= 0.6 is 0 Å². The van der Waals surface area contributed by atoms with Crippen LogP contribution in [0.25, 0.3) is 10.9 Å². The van der Waals surface area contributed by atoms with Crippen LogP contribution in [0.5, 0.6) is 0 Å². The van der Waals surface area contributed by atoms with Crippen LogP contribution in [0.2, 0.25) is 18.1 Å². The van der Waals surface area contributed by atoms with Gasteiger partial charge in [-0.3, -0.25) is 4.79 Å². The van der Waals surface area contributed by atoms with Crippen molar-refractivity contribution in [2.45, 2.75) is 84.9 Å². The molecule has 0 aliphatic heterocycles. The van der Waals surface area contributed by atoms with Crippen molar-refractivity contribution >= 4 is 31.3 Å². The molecular formula is C29H39NO5Si. The van der Waals surface area contributed by atoms with E-state index in [0.29, 0.717) is 17.8 Å². The topological polar surface area (TPSA) is 66.8 Å². The van der Waals surface area contributed by atoms with Crippen LogP contribution < -0.4 is 0 Å². The molecule has 0 fully saturated rings. The van der Waals surface area contributed by atoms with Crippen LogP contribution in [-0.4, -0.2) is 30.5 Å². The van der Waals surface area contributed by atoms with Gasteiger partial charge in [-0.15, -0.1) is 0 Å². The van der Waals surface area contributed by atoms with Gasteiger partial charge in [-0.2, -0.15) is 0 Å². The van der Waals surface area contributed by atoms with Crippen LogP contribution in [0.4, 0.5) is 4.79 Å². The van der Waals surface area contributed by atoms with Crippen LogP contribution in [0.3, 0.4) is 0 Å². The summed E-state index contributed by atoms with van der Waals surface area (Å²) in [4.78, 5) is 25.5. The van der Waals surface area contributed by atoms with Crippen molar-refractivity contribution < 1.29 is 23.5 Å². The summed E-state index contributed by atoms with van der Waals surface area (Å²) >= 11 is 0. The Morgan fingerprint density at radius 2 is 1.58 bits per heavy atom. The minimum atomic E-state index is -1.92. The monoisotopic (exact) mass is 509 g/mol. The minimum absolute atomic E-state index is 0.108. The van der Waals surface area contributed by atoms with Gasteiger partial charge in [-0.1, -0.05) is 57.2 Å². The van der Waals surface area contributed by atoms with E-state index in [1.807, 2.05) is 75.4 Å². The summed E-state index contributed by atoms with van der Waals surface area (Å²) in [5.41, 5.74) is 2.31. The molecule has 1 heterocycles. The van der Waals surface area contributed by atoms with Gasteiger partial charge in [0.2, 0.25) is 0 Å². The van der Waals surface area contributed by atoms with Gasteiger partial charge >= 0.3 is 12.1 Å². The average Bonchev–Trinajstić information content (AvgIpc) is 3.13. The Morgan fingerprint density at radius 3 is 2.14 bits per heavy atom. The summed E-state index contributed by atoms with van der Waals surface area (Å²) in [6.45, 7) is 18.4. The standard InChI is InChI=1S/C29H39NO5Si/c1-20(31)34-26(22-13-11-10-12-14-22)25-18-23-17-21(19-33-36(8,9)29(5,6)7)15-16-24(23)30(25)27(32)35-28(2,3)4/h10-18,26H,19H2,1-9H3. The van der Waals surface area contributed by atoms with Crippen molar-refractivity contribution in [3.8, 4) is 0 Å². The fourth-order valence-corrected chi connectivity index (χ4v) is 4.61. The first-order valence-electron chi connectivity index (χ1n) is 12.3.